The number of carbonyl (C=O) groups excluding carboxylic acids is 1. The Morgan fingerprint density at radius 1 is 1.71 bits per heavy atom. The number of amides is 1. The molecule has 0 radical (unpaired) electrons. The van der Waals surface area contributed by atoms with Crippen LogP contribution in [0.4, 0.5) is 0 Å². The van der Waals surface area contributed by atoms with Gasteiger partial charge in [-0.3, -0.25) is 4.79 Å². The van der Waals surface area contributed by atoms with Crippen molar-refractivity contribution in [3.8, 4) is 0 Å². The highest BCUT2D eigenvalue weighted by atomic mass is 16.3. The Labute approximate surface area is 82.3 Å². The summed E-state index contributed by atoms with van der Waals surface area (Å²) < 4.78 is 0. The monoisotopic (exact) mass is 197 g/mol. The second-order valence-electron chi connectivity index (χ2n) is 3.05. The number of aliphatic hydroxyl groups is 1. The van der Waals surface area contributed by atoms with Crippen LogP contribution >= 0.6 is 0 Å². The average molecular weight is 197 g/mol. The fourth-order valence-corrected chi connectivity index (χ4v) is 1.06. The second kappa shape index (κ2) is 5.41. The number of aromatic nitrogens is 1. The van der Waals surface area contributed by atoms with E-state index in [2.05, 4.69) is 10.3 Å². The molecule has 0 aromatic carbocycles. The summed E-state index contributed by atoms with van der Waals surface area (Å²) in [6.07, 6.45) is 4.46. The van der Waals surface area contributed by atoms with Crippen molar-refractivity contribution in [1.82, 2.24) is 10.3 Å². The minimum Gasteiger partial charge on any atom is -0.394 e. The molecule has 0 spiro atoms. The van der Waals surface area contributed by atoms with Crippen LogP contribution in [0.25, 0.3) is 0 Å². The van der Waals surface area contributed by atoms with Gasteiger partial charge in [0.05, 0.1) is 6.61 Å². The van der Waals surface area contributed by atoms with E-state index in [1.807, 2.05) is 18.5 Å². The summed E-state index contributed by atoms with van der Waals surface area (Å²) in [5.41, 5.74) is 6.44. The number of nitrogens with two attached hydrogens (primary N) is 1. The van der Waals surface area contributed by atoms with Crippen LogP contribution in [-0.4, -0.2) is 35.2 Å². The minimum atomic E-state index is -0.818. The standard InChI is InChI=1S/C9H15N3O2/c10-8(6-13)9(14)12-4-2-7-1-3-11-5-7/h1,3,5,8,11,13H,2,4,6,10H2,(H,12,14). The minimum absolute atomic E-state index is 0.317. The third kappa shape index (κ3) is 3.20. The molecule has 0 aliphatic rings. The summed E-state index contributed by atoms with van der Waals surface area (Å²) in [4.78, 5) is 14.0. The van der Waals surface area contributed by atoms with E-state index in [-0.39, 0.29) is 12.5 Å². The Morgan fingerprint density at radius 2 is 2.50 bits per heavy atom. The van der Waals surface area contributed by atoms with E-state index in [0.717, 1.165) is 12.0 Å². The first kappa shape index (κ1) is 10.7. The molecule has 5 N–H and O–H groups in total. The molecule has 1 rings (SSSR count). The van der Waals surface area contributed by atoms with Crippen molar-refractivity contribution < 1.29 is 9.90 Å². The molecule has 1 amide bonds. The van der Waals surface area contributed by atoms with E-state index >= 15 is 0 Å². The number of carbonyl (C=O) groups is 1. The molecule has 0 fully saturated rings. The van der Waals surface area contributed by atoms with Gasteiger partial charge in [-0.05, 0) is 18.1 Å². The van der Waals surface area contributed by atoms with Gasteiger partial charge in [0.15, 0.2) is 0 Å². The summed E-state index contributed by atoms with van der Waals surface area (Å²) in [7, 11) is 0. The van der Waals surface area contributed by atoms with Gasteiger partial charge in [0.25, 0.3) is 0 Å². The maximum Gasteiger partial charge on any atom is 0.239 e. The number of H-pyrrole nitrogens is 1. The van der Waals surface area contributed by atoms with Gasteiger partial charge in [-0.25, -0.2) is 0 Å². The van der Waals surface area contributed by atoms with Crippen LogP contribution in [0.15, 0.2) is 18.5 Å². The molecule has 0 aliphatic carbocycles. The third-order valence-electron chi connectivity index (χ3n) is 1.91. The van der Waals surface area contributed by atoms with Crippen LogP contribution in [0.3, 0.4) is 0 Å². The predicted octanol–water partition coefficient (Wildman–Crippen LogP) is -1.01. The largest absolute Gasteiger partial charge is 0.394 e. The van der Waals surface area contributed by atoms with Crippen LogP contribution in [0, 0.1) is 0 Å². The van der Waals surface area contributed by atoms with Gasteiger partial charge < -0.3 is 21.1 Å². The summed E-state index contributed by atoms with van der Waals surface area (Å²) >= 11 is 0. The molecule has 5 nitrogen and oxygen atoms in total. The molecule has 1 heterocycles. The highest BCUT2D eigenvalue weighted by Crippen LogP contribution is 1.95. The third-order valence-corrected chi connectivity index (χ3v) is 1.91. The van der Waals surface area contributed by atoms with Crippen LogP contribution in [0.5, 0.6) is 0 Å². The number of hydrogen-bond donors (Lipinski definition) is 4. The molecule has 1 aromatic rings. The topological polar surface area (TPSA) is 91.1 Å². The van der Waals surface area contributed by atoms with Gasteiger partial charge >= 0.3 is 0 Å². The van der Waals surface area contributed by atoms with Crippen molar-refractivity contribution in [2.75, 3.05) is 13.2 Å². The lowest BCUT2D eigenvalue weighted by molar-refractivity contribution is -0.123. The quantitative estimate of drug-likeness (QED) is 0.487. The lowest BCUT2D eigenvalue weighted by atomic mass is 10.2. The molecule has 1 atom stereocenters. The molecule has 0 bridgehead atoms. The SMILES string of the molecule is NC(CO)C(=O)NCCc1cc[nH]c1. The molecule has 1 unspecified atom stereocenters. The van der Waals surface area contributed by atoms with Crippen molar-refractivity contribution >= 4 is 5.91 Å². The molecule has 0 aliphatic heterocycles. The van der Waals surface area contributed by atoms with E-state index in [9.17, 15) is 4.79 Å². The predicted molar refractivity (Wildman–Crippen MR) is 52.6 cm³/mol. The van der Waals surface area contributed by atoms with E-state index in [1.165, 1.54) is 0 Å². The van der Waals surface area contributed by atoms with Crippen molar-refractivity contribution in [2.45, 2.75) is 12.5 Å². The Kier molecular flexibility index (Phi) is 4.15. The van der Waals surface area contributed by atoms with Gasteiger partial charge in [-0.1, -0.05) is 0 Å². The normalized spacial score (nSPS) is 12.4. The average Bonchev–Trinajstić information content (AvgIpc) is 2.69. The van der Waals surface area contributed by atoms with E-state index in [0.29, 0.717) is 6.54 Å². The highest BCUT2D eigenvalue weighted by Gasteiger charge is 2.10. The van der Waals surface area contributed by atoms with Gasteiger partial charge in [0, 0.05) is 18.9 Å². The summed E-state index contributed by atoms with van der Waals surface area (Å²) in [6, 6.07) is 1.12. The molecular weight excluding hydrogens is 182 g/mol. The highest BCUT2D eigenvalue weighted by molar-refractivity contribution is 5.81. The first-order chi connectivity index (χ1) is 6.74. The van der Waals surface area contributed by atoms with Crippen molar-refractivity contribution in [1.29, 1.82) is 0 Å². The van der Waals surface area contributed by atoms with Crippen LogP contribution in [0.1, 0.15) is 5.56 Å². The number of nitrogens with one attached hydrogen (secondary N) is 2. The van der Waals surface area contributed by atoms with Crippen molar-refractivity contribution in [3.63, 3.8) is 0 Å². The molecule has 0 saturated heterocycles. The number of hydrogen-bond acceptors (Lipinski definition) is 3. The molecule has 0 saturated carbocycles. The maximum absolute atomic E-state index is 11.1. The van der Waals surface area contributed by atoms with Crippen LogP contribution < -0.4 is 11.1 Å². The second-order valence-corrected chi connectivity index (χ2v) is 3.05. The van der Waals surface area contributed by atoms with Crippen LogP contribution in [0.2, 0.25) is 0 Å². The summed E-state index contributed by atoms with van der Waals surface area (Å²) in [5, 5.41) is 11.2. The van der Waals surface area contributed by atoms with E-state index in [4.69, 9.17) is 10.8 Å². The van der Waals surface area contributed by atoms with E-state index < -0.39 is 6.04 Å². The first-order valence-corrected chi connectivity index (χ1v) is 4.50. The summed E-state index contributed by atoms with van der Waals surface area (Å²) in [6.45, 7) is 0.209. The maximum atomic E-state index is 11.1. The number of rotatable bonds is 5. The number of aliphatic hydroxyl groups excluding tert-OH is 1. The smallest absolute Gasteiger partial charge is 0.239 e. The van der Waals surface area contributed by atoms with Gasteiger partial charge in [-0.2, -0.15) is 0 Å². The fourth-order valence-electron chi connectivity index (χ4n) is 1.06. The number of aromatic amines is 1. The summed E-state index contributed by atoms with van der Waals surface area (Å²) in [5.74, 6) is -0.317. The molecule has 1 aromatic heterocycles. The molecule has 78 valence electrons. The van der Waals surface area contributed by atoms with Crippen molar-refractivity contribution in [2.24, 2.45) is 5.73 Å². The van der Waals surface area contributed by atoms with Gasteiger partial charge in [0.1, 0.15) is 6.04 Å². The van der Waals surface area contributed by atoms with Crippen molar-refractivity contribution in [3.05, 3.63) is 24.0 Å². The van der Waals surface area contributed by atoms with E-state index in [1.54, 1.807) is 0 Å². The van der Waals surface area contributed by atoms with Gasteiger partial charge in [-0.15, -0.1) is 0 Å². The Bertz CT molecular complexity index is 272. The Morgan fingerprint density at radius 3 is 3.07 bits per heavy atom. The molecule has 14 heavy (non-hydrogen) atoms. The molecule has 5 heteroatoms. The first-order valence-electron chi connectivity index (χ1n) is 4.50. The Hall–Kier alpha value is -1.33. The van der Waals surface area contributed by atoms with Gasteiger partial charge in [0.2, 0.25) is 5.91 Å². The lowest BCUT2D eigenvalue weighted by Gasteiger charge is -2.08. The zero-order valence-corrected chi connectivity index (χ0v) is 7.86. The van der Waals surface area contributed by atoms with Crippen LogP contribution in [-0.2, 0) is 11.2 Å². The Balaban J connectivity index is 2.18. The zero-order chi connectivity index (χ0) is 10.4. The zero-order valence-electron chi connectivity index (χ0n) is 7.86. The fraction of sp³-hybridized carbons (Fsp3) is 0.444. The lowest BCUT2D eigenvalue weighted by Crippen LogP contribution is -2.43. The molecular formula is C9H15N3O2.